The molecule has 2 heterocycles. The average molecular weight is 462 g/mol. The number of aliphatic hydroxyl groups is 1. The van der Waals surface area contributed by atoms with E-state index in [4.69, 9.17) is 13.9 Å². The van der Waals surface area contributed by atoms with Crippen molar-refractivity contribution in [2.75, 3.05) is 13.7 Å². The maximum absolute atomic E-state index is 13.1. The lowest BCUT2D eigenvalue weighted by Crippen LogP contribution is -2.29. The normalized spacial score (nSPS) is 17.2. The number of hydrogen-bond donors (Lipinski definition) is 1. The number of likely N-dealkylation sites (tertiary alicyclic amines) is 1. The van der Waals surface area contributed by atoms with Crippen LogP contribution in [0.4, 0.5) is 0 Å². The molecule has 1 atom stereocenters. The number of benzene rings is 2. The van der Waals surface area contributed by atoms with Crippen molar-refractivity contribution < 1.29 is 28.6 Å². The van der Waals surface area contributed by atoms with Crippen LogP contribution in [0.3, 0.4) is 0 Å². The largest absolute Gasteiger partial charge is 0.507 e. The molecule has 0 bridgehead atoms. The Morgan fingerprint density at radius 2 is 1.85 bits per heavy atom. The number of carbonyl (C=O) groups is 2. The lowest BCUT2D eigenvalue weighted by molar-refractivity contribution is -0.140. The third kappa shape index (κ3) is 4.69. The monoisotopic (exact) mass is 461 g/mol. The van der Waals surface area contributed by atoms with Gasteiger partial charge in [-0.3, -0.25) is 9.59 Å². The van der Waals surface area contributed by atoms with E-state index in [1.165, 1.54) is 18.3 Å². The summed E-state index contributed by atoms with van der Waals surface area (Å²) in [6, 6.07) is 16.6. The van der Waals surface area contributed by atoms with Gasteiger partial charge in [0.1, 0.15) is 23.0 Å². The zero-order valence-electron chi connectivity index (χ0n) is 19.2. The van der Waals surface area contributed by atoms with E-state index >= 15 is 0 Å². The summed E-state index contributed by atoms with van der Waals surface area (Å²) in [4.78, 5) is 27.6. The number of ketones is 1. The fourth-order valence-electron chi connectivity index (χ4n) is 3.97. The molecule has 0 radical (unpaired) electrons. The van der Waals surface area contributed by atoms with E-state index in [-0.39, 0.29) is 17.9 Å². The zero-order valence-corrected chi connectivity index (χ0v) is 19.2. The Morgan fingerprint density at radius 3 is 2.53 bits per heavy atom. The third-order valence-electron chi connectivity index (χ3n) is 5.75. The number of furan rings is 1. The van der Waals surface area contributed by atoms with Crippen LogP contribution in [0.15, 0.2) is 76.9 Å². The van der Waals surface area contributed by atoms with Gasteiger partial charge in [-0.1, -0.05) is 37.6 Å². The summed E-state index contributed by atoms with van der Waals surface area (Å²) >= 11 is 0. The molecule has 1 saturated heterocycles. The number of ether oxygens (including phenoxy) is 2. The van der Waals surface area contributed by atoms with Gasteiger partial charge >= 0.3 is 0 Å². The molecular weight excluding hydrogens is 434 g/mol. The van der Waals surface area contributed by atoms with Crippen LogP contribution >= 0.6 is 0 Å². The fraction of sp³-hybridized carbons (Fsp3) is 0.259. The Morgan fingerprint density at radius 1 is 1.06 bits per heavy atom. The highest BCUT2D eigenvalue weighted by atomic mass is 16.5. The van der Waals surface area contributed by atoms with Crippen LogP contribution in [0.5, 0.6) is 11.5 Å². The van der Waals surface area contributed by atoms with Gasteiger partial charge in [-0.05, 0) is 48.4 Å². The van der Waals surface area contributed by atoms with Gasteiger partial charge in [-0.2, -0.15) is 0 Å². The second-order valence-corrected chi connectivity index (χ2v) is 8.01. The van der Waals surface area contributed by atoms with E-state index in [2.05, 4.69) is 6.92 Å². The number of Topliss-reactive ketones (excluding diaryl/α,β-unsaturated/α-hetero) is 1. The molecule has 34 heavy (non-hydrogen) atoms. The molecule has 0 spiro atoms. The Labute approximate surface area is 198 Å². The molecule has 176 valence electrons. The van der Waals surface area contributed by atoms with Crippen LogP contribution in [0.25, 0.3) is 5.76 Å². The average Bonchev–Trinajstić information content (AvgIpc) is 3.47. The number of unbranched alkanes of at least 4 members (excludes halogenated alkanes) is 1. The number of rotatable bonds is 9. The highest BCUT2D eigenvalue weighted by Gasteiger charge is 2.46. The fourth-order valence-corrected chi connectivity index (χ4v) is 3.97. The summed E-state index contributed by atoms with van der Waals surface area (Å²) < 4.78 is 16.4. The van der Waals surface area contributed by atoms with Crippen LogP contribution in [-0.2, 0) is 16.1 Å². The first-order chi connectivity index (χ1) is 16.5. The van der Waals surface area contributed by atoms with Crippen molar-refractivity contribution in [1.29, 1.82) is 0 Å². The molecule has 0 aliphatic carbocycles. The summed E-state index contributed by atoms with van der Waals surface area (Å²) in [5, 5.41) is 11.2. The summed E-state index contributed by atoms with van der Waals surface area (Å²) in [6.45, 7) is 2.80. The van der Waals surface area contributed by atoms with Crippen molar-refractivity contribution in [3.8, 4) is 11.5 Å². The molecule has 1 fully saturated rings. The van der Waals surface area contributed by atoms with E-state index in [1.54, 1.807) is 36.4 Å². The first-order valence-electron chi connectivity index (χ1n) is 11.2. The van der Waals surface area contributed by atoms with Crippen molar-refractivity contribution in [3.05, 3.63) is 89.4 Å². The third-order valence-corrected chi connectivity index (χ3v) is 5.75. The van der Waals surface area contributed by atoms with E-state index in [0.29, 0.717) is 35.0 Å². The van der Waals surface area contributed by atoms with E-state index in [1.807, 2.05) is 24.3 Å². The quantitative estimate of drug-likeness (QED) is 0.207. The molecule has 0 saturated carbocycles. The Kier molecular flexibility index (Phi) is 7.01. The Hall–Kier alpha value is -4.00. The molecular formula is C27H27NO6. The second kappa shape index (κ2) is 10.3. The number of nitrogens with zero attached hydrogens (tertiary/aromatic N) is 1. The van der Waals surface area contributed by atoms with Crippen molar-refractivity contribution in [3.63, 3.8) is 0 Å². The molecule has 1 aliphatic rings. The van der Waals surface area contributed by atoms with E-state index in [9.17, 15) is 14.7 Å². The van der Waals surface area contributed by atoms with Gasteiger partial charge in [-0.25, -0.2) is 0 Å². The number of hydrogen-bond acceptors (Lipinski definition) is 6. The molecule has 1 N–H and O–H groups in total. The topological polar surface area (TPSA) is 89.2 Å². The molecule has 7 heteroatoms. The Balaban J connectivity index is 1.77. The van der Waals surface area contributed by atoms with Gasteiger partial charge in [0.2, 0.25) is 0 Å². The van der Waals surface area contributed by atoms with Crippen molar-refractivity contribution in [1.82, 2.24) is 4.90 Å². The number of methoxy groups -OCH3 is 1. The summed E-state index contributed by atoms with van der Waals surface area (Å²) in [5.74, 6) is 0.0569. The molecule has 1 aromatic heterocycles. The van der Waals surface area contributed by atoms with Gasteiger partial charge in [-0.15, -0.1) is 0 Å². The molecule has 1 amide bonds. The number of aliphatic hydroxyl groups excluding tert-OH is 1. The summed E-state index contributed by atoms with van der Waals surface area (Å²) in [6.07, 6.45) is 3.50. The molecule has 1 unspecified atom stereocenters. The van der Waals surface area contributed by atoms with Gasteiger partial charge in [0.05, 0.1) is 38.1 Å². The van der Waals surface area contributed by atoms with Crippen LogP contribution in [0.2, 0.25) is 0 Å². The highest BCUT2D eigenvalue weighted by Crippen LogP contribution is 2.41. The van der Waals surface area contributed by atoms with Gasteiger partial charge in [0.15, 0.2) is 0 Å². The number of carbonyl (C=O) groups excluding carboxylic acids is 2. The van der Waals surface area contributed by atoms with E-state index < -0.39 is 17.7 Å². The molecule has 3 aromatic rings. The first-order valence-corrected chi connectivity index (χ1v) is 11.2. The first kappa shape index (κ1) is 23.2. The van der Waals surface area contributed by atoms with Crippen LogP contribution in [0, 0.1) is 0 Å². The lowest BCUT2D eigenvalue weighted by Gasteiger charge is -2.24. The van der Waals surface area contributed by atoms with Crippen molar-refractivity contribution >= 4 is 17.4 Å². The minimum absolute atomic E-state index is 0.0180. The maximum atomic E-state index is 13.1. The Bertz CT molecular complexity index is 1180. The zero-order chi connectivity index (χ0) is 24.1. The minimum Gasteiger partial charge on any atom is -0.507 e. The van der Waals surface area contributed by atoms with E-state index in [0.717, 1.165) is 12.8 Å². The predicted octanol–water partition coefficient (Wildman–Crippen LogP) is 5.09. The van der Waals surface area contributed by atoms with Crippen LogP contribution < -0.4 is 9.47 Å². The van der Waals surface area contributed by atoms with Crippen molar-refractivity contribution in [2.24, 2.45) is 0 Å². The van der Waals surface area contributed by atoms with Crippen LogP contribution in [0.1, 0.15) is 42.7 Å². The van der Waals surface area contributed by atoms with Crippen molar-refractivity contribution in [2.45, 2.75) is 32.4 Å². The summed E-state index contributed by atoms with van der Waals surface area (Å²) in [5.41, 5.74) is 1.09. The predicted molar refractivity (Wildman–Crippen MR) is 126 cm³/mol. The molecule has 7 nitrogen and oxygen atoms in total. The molecule has 1 aliphatic heterocycles. The maximum Gasteiger partial charge on any atom is 0.296 e. The van der Waals surface area contributed by atoms with Gasteiger partial charge < -0.3 is 23.9 Å². The number of amides is 1. The highest BCUT2D eigenvalue weighted by molar-refractivity contribution is 6.46. The standard InChI is InChI=1S/C27H27NO6/c1-3-4-14-33-20-12-10-18(11-13-20)24-23(25(29)19-7-5-8-21(16-19)32-2)26(30)27(31)28(24)17-22-9-6-15-34-22/h5-13,15-16,24,29H,3-4,14,17H2,1-2H3. The minimum atomic E-state index is -0.791. The second-order valence-electron chi connectivity index (χ2n) is 8.01. The van der Waals surface area contributed by atoms with Gasteiger partial charge in [0.25, 0.3) is 11.7 Å². The summed E-state index contributed by atoms with van der Waals surface area (Å²) in [7, 11) is 1.52. The molecule has 2 aromatic carbocycles. The lowest BCUT2D eigenvalue weighted by atomic mass is 9.95. The molecule has 4 rings (SSSR count). The van der Waals surface area contributed by atoms with Crippen LogP contribution in [-0.4, -0.2) is 35.4 Å². The SMILES string of the molecule is CCCCOc1ccc(C2C(=C(O)c3cccc(OC)c3)C(=O)C(=O)N2Cc2ccco2)cc1. The smallest absolute Gasteiger partial charge is 0.296 e. The van der Waals surface area contributed by atoms with Gasteiger partial charge in [0, 0.05) is 5.56 Å².